The zero-order chi connectivity index (χ0) is 14.3. The number of likely N-dealkylation sites (N-methyl/N-ethyl adjacent to an activating group) is 1. The lowest BCUT2D eigenvalue weighted by Gasteiger charge is -2.17. The van der Waals surface area contributed by atoms with Gasteiger partial charge in [-0.05, 0) is 24.3 Å². The van der Waals surface area contributed by atoms with Crippen LogP contribution in [0.25, 0.3) is 0 Å². The van der Waals surface area contributed by atoms with Crippen molar-refractivity contribution < 1.29 is 14.3 Å². The van der Waals surface area contributed by atoms with Crippen LogP contribution in [0.5, 0.6) is 5.75 Å². The molecule has 2 amide bonds. The SMILES string of the molecule is CNC(=O)CCN(C)C(=O)COc1ccc(N)cc1. The van der Waals surface area contributed by atoms with E-state index in [-0.39, 0.29) is 24.8 Å². The number of carbonyl (C=O) groups is 2. The molecule has 6 nitrogen and oxygen atoms in total. The van der Waals surface area contributed by atoms with Gasteiger partial charge in [-0.1, -0.05) is 0 Å². The summed E-state index contributed by atoms with van der Waals surface area (Å²) in [6.45, 7) is 0.303. The molecular formula is C13H19N3O3. The molecule has 19 heavy (non-hydrogen) atoms. The second kappa shape index (κ2) is 7.25. The van der Waals surface area contributed by atoms with Crippen molar-refractivity contribution in [3.8, 4) is 5.75 Å². The topological polar surface area (TPSA) is 84.7 Å². The molecule has 0 heterocycles. The van der Waals surface area contributed by atoms with Crippen molar-refractivity contribution >= 4 is 17.5 Å². The number of benzene rings is 1. The number of nitrogens with one attached hydrogen (secondary N) is 1. The molecule has 0 aliphatic rings. The number of amides is 2. The largest absolute Gasteiger partial charge is 0.484 e. The van der Waals surface area contributed by atoms with E-state index in [1.807, 2.05) is 0 Å². The van der Waals surface area contributed by atoms with E-state index in [9.17, 15) is 9.59 Å². The van der Waals surface area contributed by atoms with E-state index in [1.165, 1.54) is 4.90 Å². The highest BCUT2D eigenvalue weighted by atomic mass is 16.5. The summed E-state index contributed by atoms with van der Waals surface area (Å²) < 4.78 is 5.33. The number of rotatable bonds is 6. The van der Waals surface area contributed by atoms with Gasteiger partial charge in [0.05, 0.1) is 0 Å². The average molecular weight is 265 g/mol. The predicted molar refractivity (Wildman–Crippen MR) is 72.7 cm³/mol. The number of hydrogen-bond donors (Lipinski definition) is 2. The van der Waals surface area contributed by atoms with Crippen LogP contribution < -0.4 is 15.8 Å². The van der Waals surface area contributed by atoms with Crippen molar-refractivity contribution in [3.05, 3.63) is 24.3 Å². The number of anilines is 1. The van der Waals surface area contributed by atoms with Crippen LogP contribution in [0.4, 0.5) is 5.69 Å². The molecule has 0 aromatic heterocycles. The molecule has 0 unspecified atom stereocenters. The van der Waals surface area contributed by atoms with Crippen molar-refractivity contribution in [1.29, 1.82) is 0 Å². The van der Waals surface area contributed by atoms with Gasteiger partial charge in [0.1, 0.15) is 5.75 Å². The lowest BCUT2D eigenvalue weighted by Crippen LogP contribution is -2.34. The summed E-state index contributed by atoms with van der Waals surface area (Å²) in [7, 11) is 3.20. The Morgan fingerprint density at radius 2 is 1.95 bits per heavy atom. The minimum Gasteiger partial charge on any atom is -0.484 e. The molecule has 0 atom stereocenters. The van der Waals surface area contributed by atoms with Gasteiger partial charge >= 0.3 is 0 Å². The third-order valence-electron chi connectivity index (χ3n) is 2.62. The van der Waals surface area contributed by atoms with E-state index < -0.39 is 0 Å². The van der Waals surface area contributed by atoms with Gasteiger partial charge in [0.25, 0.3) is 5.91 Å². The first-order chi connectivity index (χ1) is 9.02. The van der Waals surface area contributed by atoms with E-state index in [2.05, 4.69) is 5.32 Å². The number of carbonyl (C=O) groups excluding carboxylic acids is 2. The van der Waals surface area contributed by atoms with Gasteiger partial charge in [-0.15, -0.1) is 0 Å². The van der Waals surface area contributed by atoms with Crippen LogP contribution in [0.3, 0.4) is 0 Å². The summed E-state index contributed by atoms with van der Waals surface area (Å²) in [6, 6.07) is 6.81. The van der Waals surface area contributed by atoms with Crippen LogP contribution in [-0.2, 0) is 9.59 Å². The van der Waals surface area contributed by atoms with Crippen LogP contribution in [-0.4, -0.2) is 44.0 Å². The Morgan fingerprint density at radius 3 is 2.53 bits per heavy atom. The predicted octanol–water partition coefficient (Wildman–Crippen LogP) is 0.242. The molecule has 0 fully saturated rings. The molecule has 0 aliphatic heterocycles. The second-order valence-electron chi connectivity index (χ2n) is 4.10. The third-order valence-corrected chi connectivity index (χ3v) is 2.62. The van der Waals surface area contributed by atoms with Crippen molar-refractivity contribution in [3.63, 3.8) is 0 Å². The fraction of sp³-hybridized carbons (Fsp3) is 0.385. The van der Waals surface area contributed by atoms with E-state index >= 15 is 0 Å². The van der Waals surface area contributed by atoms with Gasteiger partial charge in [-0.3, -0.25) is 9.59 Å². The quantitative estimate of drug-likeness (QED) is 0.722. The molecule has 6 heteroatoms. The highest BCUT2D eigenvalue weighted by Crippen LogP contribution is 2.12. The maximum Gasteiger partial charge on any atom is 0.260 e. The summed E-state index contributed by atoms with van der Waals surface area (Å²) in [4.78, 5) is 24.3. The van der Waals surface area contributed by atoms with Crippen LogP contribution in [0, 0.1) is 0 Å². The van der Waals surface area contributed by atoms with Crippen molar-refractivity contribution in [2.45, 2.75) is 6.42 Å². The minimum absolute atomic E-state index is 0.0613. The maximum atomic E-state index is 11.7. The van der Waals surface area contributed by atoms with E-state index in [1.54, 1.807) is 38.4 Å². The lowest BCUT2D eigenvalue weighted by atomic mass is 10.3. The molecule has 104 valence electrons. The van der Waals surface area contributed by atoms with Gasteiger partial charge in [0.15, 0.2) is 6.61 Å². The summed E-state index contributed by atoms with van der Waals surface area (Å²) in [5, 5.41) is 2.50. The lowest BCUT2D eigenvalue weighted by molar-refractivity contribution is -0.132. The molecule has 0 bridgehead atoms. The van der Waals surface area contributed by atoms with Crippen molar-refractivity contribution in [2.75, 3.05) is 33.0 Å². The van der Waals surface area contributed by atoms with Gasteiger partial charge in [0, 0.05) is 32.7 Å². The Bertz CT molecular complexity index is 431. The highest BCUT2D eigenvalue weighted by Gasteiger charge is 2.10. The number of hydrogen-bond acceptors (Lipinski definition) is 4. The van der Waals surface area contributed by atoms with Crippen LogP contribution in [0.2, 0.25) is 0 Å². The highest BCUT2D eigenvalue weighted by molar-refractivity contribution is 5.79. The van der Waals surface area contributed by atoms with Crippen LogP contribution >= 0.6 is 0 Å². The first kappa shape index (κ1) is 14.8. The Hall–Kier alpha value is -2.24. The molecule has 0 spiro atoms. The monoisotopic (exact) mass is 265 g/mol. The van der Waals surface area contributed by atoms with Gasteiger partial charge < -0.3 is 20.7 Å². The molecule has 3 N–H and O–H groups in total. The van der Waals surface area contributed by atoms with E-state index in [0.717, 1.165) is 0 Å². The third kappa shape index (κ3) is 5.29. The summed E-state index contributed by atoms with van der Waals surface area (Å²) in [5.41, 5.74) is 6.18. The Morgan fingerprint density at radius 1 is 1.32 bits per heavy atom. The molecule has 0 saturated carbocycles. The number of nitrogens with zero attached hydrogens (tertiary/aromatic N) is 1. The zero-order valence-electron chi connectivity index (χ0n) is 11.2. The summed E-state index contributed by atoms with van der Waals surface area (Å²) >= 11 is 0. The maximum absolute atomic E-state index is 11.7. The number of ether oxygens (including phenoxy) is 1. The first-order valence-electron chi connectivity index (χ1n) is 5.96. The minimum atomic E-state index is -0.180. The average Bonchev–Trinajstić information content (AvgIpc) is 2.43. The van der Waals surface area contributed by atoms with Gasteiger partial charge in [-0.2, -0.15) is 0 Å². The Balaban J connectivity index is 2.34. The summed E-state index contributed by atoms with van der Waals surface area (Å²) in [6.07, 6.45) is 0.278. The fourth-order valence-corrected chi connectivity index (χ4v) is 1.34. The molecule has 0 aliphatic carbocycles. The van der Waals surface area contributed by atoms with Gasteiger partial charge in [-0.25, -0.2) is 0 Å². The molecule has 0 saturated heterocycles. The molecule has 1 aromatic carbocycles. The normalized spacial score (nSPS) is 9.79. The summed E-state index contributed by atoms with van der Waals surface area (Å²) in [5.74, 6) is 0.307. The Kier molecular flexibility index (Phi) is 5.66. The van der Waals surface area contributed by atoms with Crippen molar-refractivity contribution in [1.82, 2.24) is 10.2 Å². The smallest absolute Gasteiger partial charge is 0.260 e. The zero-order valence-corrected chi connectivity index (χ0v) is 11.2. The molecule has 1 aromatic rings. The second-order valence-corrected chi connectivity index (χ2v) is 4.10. The molecule has 1 rings (SSSR count). The fourth-order valence-electron chi connectivity index (χ4n) is 1.34. The van der Waals surface area contributed by atoms with Crippen LogP contribution in [0.1, 0.15) is 6.42 Å². The molecular weight excluding hydrogens is 246 g/mol. The standard InChI is InChI=1S/C13H19N3O3/c1-15-12(17)7-8-16(2)13(18)9-19-11-5-3-10(14)4-6-11/h3-6H,7-9,14H2,1-2H3,(H,15,17). The van der Waals surface area contributed by atoms with E-state index in [0.29, 0.717) is 18.0 Å². The first-order valence-corrected chi connectivity index (χ1v) is 5.96. The van der Waals surface area contributed by atoms with Gasteiger partial charge in [0.2, 0.25) is 5.91 Å². The number of nitrogen functional groups attached to an aromatic ring is 1. The number of nitrogens with two attached hydrogens (primary N) is 1. The molecule has 0 radical (unpaired) electrons. The Labute approximate surface area is 112 Å². The van der Waals surface area contributed by atoms with Crippen molar-refractivity contribution in [2.24, 2.45) is 0 Å². The van der Waals surface area contributed by atoms with E-state index in [4.69, 9.17) is 10.5 Å². The van der Waals surface area contributed by atoms with Crippen LogP contribution in [0.15, 0.2) is 24.3 Å².